The summed E-state index contributed by atoms with van der Waals surface area (Å²) in [7, 11) is -5.90. The predicted molar refractivity (Wildman–Crippen MR) is 110 cm³/mol. The Morgan fingerprint density at radius 1 is 0.833 bits per heavy atom. The standard InChI is InChI=1S/C20H24N2O6S2/c1-27-17-7-9-19(10-8-17)29(23,24)21-13-11-20(12-14-21)22(15-16-28-20)30(25,26)18-5-3-2-4-6-18/h2-10H,11-16H2,1H3. The smallest absolute Gasteiger partial charge is 0.245 e. The molecule has 0 atom stereocenters. The second-order valence-corrected chi connectivity index (χ2v) is 11.1. The molecule has 30 heavy (non-hydrogen) atoms. The van der Waals surface area contributed by atoms with Gasteiger partial charge in [0.25, 0.3) is 0 Å². The van der Waals surface area contributed by atoms with Crippen molar-refractivity contribution in [3.8, 4) is 5.75 Å². The van der Waals surface area contributed by atoms with Gasteiger partial charge in [0.15, 0.2) is 0 Å². The van der Waals surface area contributed by atoms with Crippen molar-refractivity contribution in [2.45, 2.75) is 28.4 Å². The third-order valence-electron chi connectivity index (χ3n) is 5.65. The molecule has 162 valence electrons. The van der Waals surface area contributed by atoms with Crippen molar-refractivity contribution in [3.63, 3.8) is 0 Å². The lowest BCUT2D eigenvalue weighted by atomic mass is 10.0. The van der Waals surface area contributed by atoms with E-state index in [1.165, 1.54) is 27.9 Å². The molecule has 0 aliphatic carbocycles. The molecule has 2 aliphatic heterocycles. The molecule has 1 spiro atoms. The summed E-state index contributed by atoms with van der Waals surface area (Å²) >= 11 is 0. The molecule has 0 saturated carbocycles. The van der Waals surface area contributed by atoms with E-state index in [1.54, 1.807) is 42.5 Å². The van der Waals surface area contributed by atoms with Crippen LogP contribution in [0, 0.1) is 0 Å². The minimum Gasteiger partial charge on any atom is -0.497 e. The largest absolute Gasteiger partial charge is 0.497 e. The van der Waals surface area contributed by atoms with Crippen LogP contribution in [0.1, 0.15) is 12.8 Å². The molecule has 2 aromatic carbocycles. The van der Waals surface area contributed by atoms with E-state index in [0.29, 0.717) is 5.75 Å². The molecule has 2 aliphatic rings. The first kappa shape index (κ1) is 21.3. The van der Waals surface area contributed by atoms with Crippen molar-refractivity contribution >= 4 is 20.0 Å². The zero-order valence-electron chi connectivity index (χ0n) is 16.6. The molecular formula is C20H24N2O6S2. The molecule has 4 rings (SSSR count). The van der Waals surface area contributed by atoms with Crippen LogP contribution in [0.2, 0.25) is 0 Å². The van der Waals surface area contributed by atoms with E-state index < -0.39 is 25.8 Å². The summed E-state index contributed by atoms with van der Waals surface area (Å²) in [6, 6.07) is 14.5. The maximum absolute atomic E-state index is 13.2. The second-order valence-electron chi connectivity index (χ2n) is 7.26. The predicted octanol–water partition coefficient (Wildman–Crippen LogP) is 1.90. The van der Waals surface area contributed by atoms with Gasteiger partial charge in [0.05, 0.1) is 23.5 Å². The average Bonchev–Trinajstić information content (AvgIpc) is 3.18. The highest BCUT2D eigenvalue weighted by molar-refractivity contribution is 7.89. The van der Waals surface area contributed by atoms with E-state index in [1.807, 2.05) is 0 Å². The quantitative estimate of drug-likeness (QED) is 0.688. The summed E-state index contributed by atoms with van der Waals surface area (Å²) in [5.41, 5.74) is -1.01. The number of methoxy groups -OCH3 is 1. The van der Waals surface area contributed by atoms with Crippen molar-refractivity contribution < 1.29 is 26.3 Å². The van der Waals surface area contributed by atoms with E-state index in [-0.39, 0.29) is 48.9 Å². The van der Waals surface area contributed by atoms with Crippen molar-refractivity contribution in [2.75, 3.05) is 33.4 Å². The van der Waals surface area contributed by atoms with Gasteiger partial charge in [-0.25, -0.2) is 16.8 Å². The van der Waals surface area contributed by atoms with Crippen LogP contribution in [0.4, 0.5) is 0 Å². The molecule has 0 N–H and O–H groups in total. The topological polar surface area (TPSA) is 93.2 Å². The lowest BCUT2D eigenvalue weighted by Gasteiger charge is -2.42. The summed E-state index contributed by atoms with van der Waals surface area (Å²) in [6.45, 7) is 0.893. The molecule has 0 radical (unpaired) electrons. The number of hydrogen-bond acceptors (Lipinski definition) is 6. The van der Waals surface area contributed by atoms with E-state index in [2.05, 4.69) is 0 Å². The highest BCUT2D eigenvalue weighted by atomic mass is 32.2. The van der Waals surface area contributed by atoms with E-state index in [4.69, 9.17) is 9.47 Å². The molecule has 0 bridgehead atoms. The number of hydrogen-bond donors (Lipinski definition) is 0. The summed E-state index contributed by atoms with van der Waals surface area (Å²) in [5, 5.41) is 0. The van der Waals surface area contributed by atoms with Crippen molar-refractivity contribution in [1.29, 1.82) is 0 Å². The van der Waals surface area contributed by atoms with Gasteiger partial charge in [-0.1, -0.05) is 18.2 Å². The minimum atomic E-state index is -3.73. The fraction of sp³-hybridized carbons (Fsp3) is 0.400. The molecule has 2 heterocycles. The molecule has 2 aromatic rings. The summed E-state index contributed by atoms with van der Waals surface area (Å²) in [4.78, 5) is 0.392. The maximum Gasteiger partial charge on any atom is 0.245 e. The van der Waals surface area contributed by atoms with Crippen LogP contribution in [-0.2, 0) is 24.8 Å². The highest BCUT2D eigenvalue weighted by Gasteiger charge is 2.51. The Morgan fingerprint density at radius 2 is 1.43 bits per heavy atom. The fourth-order valence-electron chi connectivity index (χ4n) is 4.02. The highest BCUT2D eigenvalue weighted by Crippen LogP contribution is 2.39. The summed E-state index contributed by atoms with van der Waals surface area (Å²) < 4.78 is 66.1. The van der Waals surface area contributed by atoms with Gasteiger partial charge < -0.3 is 9.47 Å². The number of sulfonamides is 2. The Labute approximate surface area is 177 Å². The Balaban J connectivity index is 1.54. The fourth-order valence-corrected chi connectivity index (χ4v) is 7.20. The number of ether oxygens (including phenoxy) is 2. The third-order valence-corrected chi connectivity index (χ3v) is 9.53. The second kappa shape index (κ2) is 7.93. The van der Waals surface area contributed by atoms with Gasteiger partial charge in [0, 0.05) is 32.5 Å². The van der Waals surface area contributed by atoms with E-state index in [9.17, 15) is 16.8 Å². The minimum absolute atomic E-state index is 0.176. The van der Waals surface area contributed by atoms with Crippen molar-refractivity contribution in [3.05, 3.63) is 54.6 Å². The van der Waals surface area contributed by atoms with E-state index in [0.717, 1.165) is 0 Å². The maximum atomic E-state index is 13.2. The van der Waals surface area contributed by atoms with E-state index >= 15 is 0 Å². The normalized spacial score (nSPS) is 20.4. The number of nitrogens with zero attached hydrogens (tertiary/aromatic N) is 2. The van der Waals surface area contributed by atoms with Gasteiger partial charge in [-0.15, -0.1) is 0 Å². The zero-order valence-corrected chi connectivity index (χ0v) is 18.2. The van der Waals surface area contributed by atoms with Crippen LogP contribution in [0.3, 0.4) is 0 Å². The first-order chi connectivity index (χ1) is 14.3. The van der Waals surface area contributed by atoms with Crippen LogP contribution in [-0.4, -0.2) is 64.5 Å². The van der Waals surface area contributed by atoms with Gasteiger partial charge in [0.2, 0.25) is 20.0 Å². The van der Waals surface area contributed by atoms with Gasteiger partial charge >= 0.3 is 0 Å². The Morgan fingerprint density at radius 3 is 2.03 bits per heavy atom. The van der Waals surface area contributed by atoms with Gasteiger partial charge in [0.1, 0.15) is 11.5 Å². The monoisotopic (exact) mass is 452 g/mol. The van der Waals surface area contributed by atoms with Crippen LogP contribution < -0.4 is 4.74 Å². The molecule has 2 saturated heterocycles. The number of piperidine rings is 1. The van der Waals surface area contributed by atoms with Crippen LogP contribution in [0.15, 0.2) is 64.4 Å². The molecular weight excluding hydrogens is 428 g/mol. The average molecular weight is 453 g/mol. The van der Waals surface area contributed by atoms with Crippen LogP contribution in [0.25, 0.3) is 0 Å². The molecule has 8 nitrogen and oxygen atoms in total. The van der Waals surface area contributed by atoms with Crippen molar-refractivity contribution in [2.24, 2.45) is 0 Å². The van der Waals surface area contributed by atoms with Gasteiger partial charge in [-0.2, -0.15) is 8.61 Å². The SMILES string of the molecule is COc1ccc(S(=O)(=O)N2CCC3(CC2)OCCN3S(=O)(=O)c2ccccc2)cc1. The number of rotatable bonds is 5. The van der Waals surface area contributed by atoms with Crippen LogP contribution in [0.5, 0.6) is 5.75 Å². The lowest BCUT2D eigenvalue weighted by molar-refractivity contribution is -0.0806. The van der Waals surface area contributed by atoms with Crippen molar-refractivity contribution in [1.82, 2.24) is 8.61 Å². The lowest BCUT2D eigenvalue weighted by Crippen LogP contribution is -2.55. The first-order valence-corrected chi connectivity index (χ1v) is 12.5. The Kier molecular flexibility index (Phi) is 5.62. The summed E-state index contributed by atoms with van der Waals surface area (Å²) in [5.74, 6) is 0.577. The number of benzene rings is 2. The first-order valence-electron chi connectivity index (χ1n) is 9.66. The van der Waals surface area contributed by atoms with Crippen LogP contribution >= 0.6 is 0 Å². The molecule has 2 fully saturated rings. The van der Waals surface area contributed by atoms with Gasteiger partial charge in [-0.05, 0) is 36.4 Å². The summed E-state index contributed by atoms with van der Waals surface area (Å²) in [6.07, 6.45) is 0.545. The third kappa shape index (κ3) is 3.63. The zero-order chi connectivity index (χ0) is 21.4. The Bertz CT molecular complexity index is 1090. The van der Waals surface area contributed by atoms with Gasteiger partial charge in [-0.3, -0.25) is 0 Å². The Hall–Kier alpha value is -1.98. The molecule has 0 aromatic heterocycles. The molecule has 0 amide bonds. The molecule has 10 heteroatoms. The molecule has 0 unspecified atom stereocenters.